The lowest BCUT2D eigenvalue weighted by molar-refractivity contribution is 0.102. The molecule has 0 aliphatic heterocycles. The van der Waals surface area contributed by atoms with E-state index in [4.69, 9.17) is 21.1 Å². The summed E-state index contributed by atoms with van der Waals surface area (Å²) in [4.78, 5) is 12.5. The van der Waals surface area contributed by atoms with E-state index >= 15 is 0 Å². The summed E-state index contributed by atoms with van der Waals surface area (Å²) in [6.45, 7) is 4.77. The third kappa shape index (κ3) is 4.28. The smallest absolute Gasteiger partial charge is 0.277 e. The molecular formula is C16H19BrClN3O3. The molecule has 130 valence electrons. The van der Waals surface area contributed by atoms with Crippen LogP contribution in [-0.4, -0.2) is 36.4 Å². The Morgan fingerprint density at radius 1 is 1.42 bits per heavy atom. The van der Waals surface area contributed by atoms with Crippen LogP contribution in [0, 0.1) is 0 Å². The van der Waals surface area contributed by atoms with Gasteiger partial charge in [-0.05, 0) is 34.0 Å². The average molecular weight is 417 g/mol. The van der Waals surface area contributed by atoms with Gasteiger partial charge in [0.25, 0.3) is 5.91 Å². The molecule has 1 heterocycles. The fourth-order valence-corrected chi connectivity index (χ4v) is 3.08. The first-order valence-electron chi connectivity index (χ1n) is 7.41. The van der Waals surface area contributed by atoms with Gasteiger partial charge in [0, 0.05) is 7.11 Å². The molecule has 1 amide bonds. The zero-order chi connectivity index (χ0) is 17.7. The van der Waals surface area contributed by atoms with Crippen molar-refractivity contribution in [2.24, 2.45) is 0 Å². The number of carbonyl (C=O) groups is 1. The second-order valence-electron chi connectivity index (χ2n) is 5.37. The molecule has 0 radical (unpaired) electrons. The van der Waals surface area contributed by atoms with Crippen LogP contribution in [0.15, 0.2) is 22.7 Å². The van der Waals surface area contributed by atoms with Gasteiger partial charge in [-0.25, -0.2) is 0 Å². The summed E-state index contributed by atoms with van der Waals surface area (Å²) >= 11 is 9.59. The number of carbonyl (C=O) groups excluding carboxylic acids is 1. The number of halogens is 2. The van der Waals surface area contributed by atoms with Gasteiger partial charge in [-0.15, -0.1) is 0 Å². The first-order chi connectivity index (χ1) is 11.5. The van der Waals surface area contributed by atoms with E-state index < -0.39 is 0 Å². The highest BCUT2D eigenvalue weighted by Gasteiger charge is 2.21. The van der Waals surface area contributed by atoms with Crippen molar-refractivity contribution in [3.05, 3.63) is 39.1 Å². The number of hydrogen-bond acceptors (Lipinski definition) is 4. The van der Waals surface area contributed by atoms with Gasteiger partial charge < -0.3 is 14.8 Å². The van der Waals surface area contributed by atoms with Gasteiger partial charge in [0.1, 0.15) is 6.61 Å². The van der Waals surface area contributed by atoms with Gasteiger partial charge in [-0.2, -0.15) is 5.10 Å². The number of amides is 1. The second kappa shape index (κ2) is 8.50. The van der Waals surface area contributed by atoms with Crippen molar-refractivity contribution in [1.29, 1.82) is 0 Å². The predicted octanol–water partition coefficient (Wildman–Crippen LogP) is 4.23. The van der Waals surface area contributed by atoms with E-state index in [1.54, 1.807) is 25.3 Å². The van der Waals surface area contributed by atoms with E-state index in [9.17, 15) is 4.79 Å². The van der Waals surface area contributed by atoms with Crippen molar-refractivity contribution < 1.29 is 14.3 Å². The standard InChI is InChI=1S/C16H19BrClN3O3/c1-9(2)13-12(17)14(21-20-13)16(22)19-11-6-4-5-10(18)15(11)24-8-7-23-3/h4-6,9H,7-8H2,1-3H3,(H,19,22)(H,20,21). The maximum Gasteiger partial charge on any atom is 0.277 e. The summed E-state index contributed by atoms with van der Waals surface area (Å²) in [7, 11) is 1.58. The Bertz CT molecular complexity index is 719. The Morgan fingerprint density at radius 2 is 2.17 bits per heavy atom. The molecule has 0 aliphatic rings. The molecule has 2 N–H and O–H groups in total. The molecule has 0 aliphatic carbocycles. The number of ether oxygens (including phenoxy) is 2. The fraction of sp³-hybridized carbons (Fsp3) is 0.375. The minimum atomic E-state index is -0.358. The van der Waals surface area contributed by atoms with Crippen LogP contribution in [0.2, 0.25) is 5.02 Å². The number of aromatic amines is 1. The number of anilines is 1. The van der Waals surface area contributed by atoms with Crippen molar-refractivity contribution in [2.45, 2.75) is 19.8 Å². The van der Waals surface area contributed by atoms with Crippen LogP contribution in [0.25, 0.3) is 0 Å². The normalized spacial score (nSPS) is 10.9. The molecule has 2 rings (SSSR count). The van der Waals surface area contributed by atoms with E-state index in [1.165, 1.54) is 0 Å². The average Bonchev–Trinajstić information content (AvgIpc) is 2.92. The highest BCUT2D eigenvalue weighted by molar-refractivity contribution is 9.10. The molecule has 0 saturated carbocycles. The summed E-state index contributed by atoms with van der Waals surface area (Å²) in [6.07, 6.45) is 0. The van der Waals surface area contributed by atoms with E-state index in [2.05, 4.69) is 31.4 Å². The molecule has 0 unspecified atom stereocenters. The minimum absolute atomic E-state index is 0.215. The number of nitrogens with one attached hydrogen (secondary N) is 2. The van der Waals surface area contributed by atoms with Crippen LogP contribution in [-0.2, 0) is 4.74 Å². The molecule has 0 fully saturated rings. The largest absolute Gasteiger partial charge is 0.487 e. The number of benzene rings is 1. The molecule has 2 aromatic rings. The number of nitrogens with zero attached hydrogens (tertiary/aromatic N) is 1. The SMILES string of the molecule is COCCOc1c(Cl)cccc1NC(=O)c1n[nH]c(C(C)C)c1Br. The third-order valence-corrected chi connectivity index (χ3v) is 4.37. The summed E-state index contributed by atoms with van der Waals surface area (Å²) in [5, 5.41) is 10.2. The molecular weight excluding hydrogens is 398 g/mol. The van der Waals surface area contributed by atoms with Crippen LogP contribution in [0.4, 0.5) is 5.69 Å². The zero-order valence-corrected chi connectivity index (χ0v) is 16.0. The van der Waals surface area contributed by atoms with Crippen LogP contribution in [0.5, 0.6) is 5.75 Å². The van der Waals surface area contributed by atoms with Crippen molar-refractivity contribution >= 4 is 39.1 Å². The molecule has 0 spiro atoms. The molecule has 0 atom stereocenters. The first kappa shape index (κ1) is 18.8. The molecule has 1 aromatic carbocycles. The molecule has 24 heavy (non-hydrogen) atoms. The molecule has 0 bridgehead atoms. The van der Waals surface area contributed by atoms with Gasteiger partial charge in [0.05, 0.1) is 27.5 Å². The molecule has 6 nitrogen and oxygen atoms in total. The van der Waals surface area contributed by atoms with E-state index in [0.717, 1.165) is 5.69 Å². The lowest BCUT2D eigenvalue weighted by Crippen LogP contribution is -2.15. The number of H-pyrrole nitrogens is 1. The first-order valence-corrected chi connectivity index (χ1v) is 8.58. The summed E-state index contributed by atoms with van der Waals surface area (Å²) in [6, 6.07) is 5.15. The second-order valence-corrected chi connectivity index (χ2v) is 6.57. The number of methoxy groups -OCH3 is 1. The Labute approximate surface area is 154 Å². The van der Waals surface area contributed by atoms with Gasteiger partial charge in [0.15, 0.2) is 11.4 Å². The summed E-state index contributed by atoms with van der Waals surface area (Å²) < 4.78 is 11.2. The van der Waals surface area contributed by atoms with Gasteiger partial charge >= 0.3 is 0 Å². The van der Waals surface area contributed by atoms with Crippen molar-refractivity contribution in [1.82, 2.24) is 10.2 Å². The number of hydrogen-bond donors (Lipinski definition) is 2. The van der Waals surface area contributed by atoms with E-state index in [-0.39, 0.29) is 17.5 Å². The zero-order valence-electron chi connectivity index (χ0n) is 13.7. The quantitative estimate of drug-likeness (QED) is 0.662. The molecule has 8 heteroatoms. The summed E-state index contributed by atoms with van der Waals surface area (Å²) in [5.41, 5.74) is 1.62. The number of rotatable bonds is 7. The monoisotopic (exact) mass is 415 g/mol. The van der Waals surface area contributed by atoms with Crippen LogP contribution in [0.1, 0.15) is 35.9 Å². The van der Waals surface area contributed by atoms with Crippen molar-refractivity contribution in [2.75, 3.05) is 25.6 Å². The highest BCUT2D eigenvalue weighted by Crippen LogP contribution is 2.34. The Balaban J connectivity index is 2.21. The fourth-order valence-electron chi connectivity index (χ4n) is 2.04. The maximum absolute atomic E-state index is 12.5. The van der Waals surface area contributed by atoms with E-state index in [1.807, 2.05) is 13.8 Å². The number of aromatic nitrogens is 2. The third-order valence-electron chi connectivity index (χ3n) is 3.27. The highest BCUT2D eigenvalue weighted by atomic mass is 79.9. The van der Waals surface area contributed by atoms with Gasteiger partial charge in [-0.3, -0.25) is 9.89 Å². The lowest BCUT2D eigenvalue weighted by atomic mass is 10.1. The van der Waals surface area contributed by atoms with Crippen molar-refractivity contribution in [3.63, 3.8) is 0 Å². The maximum atomic E-state index is 12.5. The van der Waals surface area contributed by atoms with Crippen LogP contribution < -0.4 is 10.1 Å². The van der Waals surface area contributed by atoms with Crippen LogP contribution >= 0.6 is 27.5 Å². The van der Waals surface area contributed by atoms with E-state index in [0.29, 0.717) is 34.1 Å². The van der Waals surface area contributed by atoms with Crippen molar-refractivity contribution in [3.8, 4) is 5.75 Å². The predicted molar refractivity (Wildman–Crippen MR) is 97.2 cm³/mol. The molecule has 0 saturated heterocycles. The van der Waals surface area contributed by atoms with Crippen LogP contribution in [0.3, 0.4) is 0 Å². The van der Waals surface area contributed by atoms with Gasteiger partial charge in [-0.1, -0.05) is 31.5 Å². The summed E-state index contributed by atoms with van der Waals surface area (Å²) in [5.74, 6) is 0.261. The minimum Gasteiger partial charge on any atom is -0.487 e. The Hall–Kier alpha value is -1.57. The number of para-hydroxylation sites is 1. The lowest BCUT2D eigenvalue weighted by Gasteiger charge is -2.13. The molecule has 1 aromatic heterocycles. The Morgan fingerprint density at radius 3 is 2.79 bits per heavy atom. The topological polar surface area (TPSA) is 76.2 Å². The Kier molecular flexibility index (Phi) is 6.65. The van der Waals surface area contributed by atoms with Gasteiger partial charge in [0.2, 0.25) is 0 Å².